The monoisotopic (exact) mass is 289 g/mol. The van der Waals surface area contributed by atoms with Crippen LogP contribution in [0.15, 0.2) is 40.8 Å². The van der Waals surface area contributed by atoms with E-state index in [4.69, 9.17) is 4.74 Å². The first-order chi connectivity index (χ1) is 9.56. The molecule has 1 fully saturated rings. The minimum atomic E-state index is -0.362. The number of nitrogens with one attached hydrogen (secondary N) is 1. The lowest BCUT2D eigenvalue weighted by molar-refractivity contribution is -0.115. The Morgan fingerprint density at radius 1 is 1.30 bits per heavy atom. The highest BCUT2D eigenvalue weighted by Crippen LogP contribution is 2.28. The summed E-state index contributed by atoms with van der Waals surface area (Å²) >= 11 is 0.900. The van der Waals surface area contributed by atoms with Crippen molar-refractivity contribution in [2.45, 2.75) is 13.8 Å². The Bertz CT molecular complexity index is 601. The molecule has 104 valence electrons. The van der Waals surface area contributed by atoms with Crippen LogP contribution in [-0.2, 0) is 4.79 Å². The average molecular weight is 289 g/mol. The maximum atomic E-state index is 11.5. The van der Waals surface area contributed by atoms with Crippen molar-refractivity contribution in [3.05, 3.63) is 46.4 Å². The molecule has 0 radical (unpaired) electrons. The van der Waals surface area contributed by atoms with E-state index in [0.717, 1.165) is 17.3 Å². The lowest BCUT2D eigenvalue weighted by atomic mass is 10.2. The molecule has 1 aromatic carbocycles. The van der Waals surface area contributed by atoms with Crippen LogP contribution in [0.25, 0.3) is 6.08 Å². The van der Waals surface area contributed by atoms with Gasteiger partial charge in [0.15, 0.2) is 0 Å². The first-order valence-electron chi connectivity index (χ1n) is 6.16. The van der Waals surface area contributed by atoms with Gasteiger partial charge in [0.1, 0.15) is 12.4 Å². The number of amides is 2. The molecule has 0 unspecified atom stereocenters. The van der Waals surface area contributed by atoms with Gasteiger partial charge in [0.25, 0.3) is 11.1 Å². The van der Waals surface area contributed by atoms with Crippen LogP contribution in [0.3, 0.4) is 0 Å². The second-order valence-electron chi connectivity index (χ2n) is 4.48. The number of thioether (sulfide) groups is 1. The second kappa shape index (κ2) is 6.43. The fourth-order valence-corrected chi connectivity index (χ4v) is 2.26. The number of rotatable bonds is 4. The third-order valence-corrected chi connectivity index (χ3v) is 3.39. The number of imide groups is 1. The van der Waals surface area contributed by atoms with Crippen molar-refractivity contribution in [1.29, 1.82) is 0 Å². The summed E-state index contributed by atoms with van der Waals surface area (Å²) in [5.74, 6) is 0.323. The fourth-order valence-electron chi connectivity index (χ4n) is 1.59. The van der Waals surface area contributed by atoms with Crippen LogP contribution in [-0.4, -0.2) is 17.8 Å². The van der Waals surface area contributed by atoms with E-state index >= 15 is 0 Å². The summed E-state index contributed by atoms with van der Waals surface area (Å²) in [4.78, 5) is 23.1. The van der Waals surface area contributed by atoms with E-state index in [9.17, 15) is 9.59 Å². The standard InChI is InChI=1S/C15H15NO3S/c1-10(2)7-8-19-12-6-4-3-5-11(12)9-13-14(17)16-15(18)20-13/h3-7,9H,8H2,1-2H3,(H,16,17,18)/b13-9+. The normalized spacial score (nSPS) is 16.2. The molecule has 0 atom stereocenters. The van der Waals surface area contributed by atoms with E-state index in [-0.39, 0.29) is 11.1 Å². The van der Waals surface area contributed by atoms with Gasteiger partial charge in [-0.3, -0.25) is 14.9 Å². The zero-order valence-corrected chi connectivity index (χ0v) is 12.1. The van der Waals surface area contributed by atoms with Crippen LogP contribution < -0.4 is 10.1 Å². The Morgan fingerprint density at radius 3 is 2.70 bits per heavy atom. The zero-order valence-electron chi connectivity index (χ0n) is 11.3. The van der Waals surface area contributed by atoms with Gasteiger partial charge in [-0.25, -0.2) is 0 Å². The van der Waals surface area contributed by atoms with Crippen LogP contribution in [0.1, 0.15) is 19.4 Å². The Hall–Kier alpha value is -2.01. The molecule has 20 heavy (non-hydrogen) atoms. The first-order valence-corrected chi connectivity index (χ1v) is 6.98. The lowest BCUT2D eigenvalue weighted by Crippen LogP contribution is -2.17. The Kier molecular flexibility index (Phi) is 4.63. The molecule has 0 bridgehead atoms. The van der Waals surface area contributed by atoms with Crippen molar-refractivity contribution in [2.24, 2.45) is 0 Å². The average Bonchev–Trinajstić information content (AvgIpc) is 2.69. The highest BCUT2D eigenvalue weighted by atomic mass is 32.2. The summed E-state index contributed by atoms with van der Waals surface area (Å²) in [7, 11) is 0. The Morgan fingerprint density at radius 2 is 2.05 bits per heavy atom. The molecule has 1 aromatic rings. The predicted molar refractivity (Wildman–Crippen MR) is 80.5 cm³/mol. The summed E-state index contributed by atoms with van der Waals surface area (Å²) in [5.41, 5.74) is 1.96. The second-order valence-corrected chi connectivity index (χ2v) is 5.50. The quantitative estimate of drug-likeness (QED) is 0.682. The number of ether oxygens (including phenoxy) is 1. The van der Waals surface area contributed by atoms with Crippen LogP contribution in [0.5, 0.6) is 5.75 Å². The van der Waals surface area contributed by atoms with Crippen LogP contribution in [0.4, 0.5) is 4.79 Å². The summed E-state index contributed by atoms with van der Waals surface area (Å²) in [6.07, 6.45) is 3.65. The molecule has 2 rings (SSSR count). The number of para-hydroxylation sites is 1. The largest absolute Gasteiger partial charge is 0.489 e. The van der Waals surface area contributed by atoms with E-state index in [0.29, 0.717) is 17.3 Å². The number of hydrogen-bond donors (Lipinski definition) is 1. The minimum absolute atomic E-state index is 0.343. The first kappa shape index (κ1) is 14.4. The smallest absolute Gasteiger partial charge is 0.290 e. The molecule has 1 aliphatic rings. The van der Waals surface area contributed by atoms with Crippen molar-refractivity contribution < 1.29 is 14.3 Å². The molecule has 1 N–H and O–H groups in total. The molecular formula is C15H15NO3S. The van der Waals surface area contributed by atoms with Crippen LogP contribution in [0, 0.1) is 0 Å². The number of allylic oxidation sites excluding steroid dienone is 1. The fraction of sp³-hybridized carbons (Fsp3) is 0.200. The molecule has 0 spiro atoms. The molecule has 1 heterocycles. The molecule has 1 saturated heterocycles. The Labute approximate surface area is 121 Å². The predicted octanol–water partition coefficient (Wildman–Crippen LogP) is 3.36. The van der Waals surface area contributed by atoms with Crippen molar-refractivity contribution in [3.63, 3.8) is 0 Å². The molecular weight excluding hydrogens is 274 g/mol. The zero-order chi connectivity index (χ0) is 14.5. The van der Waals surface area contributed by atoms with Crippen molar-refractivity contribution >= 4 is 29.0 Å². The maximum Gasteiger partial charge on any atom is 0.290 e. The van der Waals surface area contributed by atoms with Crippen molar-refractivity contribution in [3.8, 4) is 5.75 Å². The SMILES string of the molecule is CC(C)=CCOc1ccccc1/C=C1/SC(=O)NC1=O. The number of carbonyl (C=O) groups excluding carboxylic acids is 2. The van der Waals surface area contributed by atoms with Gasteiger partial charge in [-0.15, -0.1) is 0 Å². The highest BCUT2D eigenvalue weighted by Gasteiger charge is 2.25. The van der Waals surface area contributed by atoms with E-state index < -0.39 is 0 Å². The highest BCUT2D eigenvalue weighted by molar-refractivity contribution is 8.18. The van der Waals surface area contributed by atoms with Gasteiger partial charge in [-0.2, -0.15) is 0 Å². The molecule has 0 aromatic heterocycles. The van der Waals surface area contributed by atoms with Gasteiger partial charge in [-0.05, 0) is 43.8 Å². The van der Waals surface area contributed by atoms with E-state index in [2.05, 4.69) is 5.32 Å². The molecule has 1 aliphatic heterocycles. The van der Waals surface area contributed by atoms with Gasteiger partial charge in [0.2, 0.25) is 0 Å². The van der Waals surface area contributed by atoms with E-state index in [1.807, 2.05) is 44.2 Å². The summed E-state index contributed by atoms with van der Waals surface area (Å²) in [5, 5.41) is 1.89. The van der Waals surface area contributed by atoms with Gasteiger partial charge in [0.05, 0.1) is 4.91 Å². The molecule has 5 heteroatoms. The van der Waals surface area contributed by atoms with E-state index in [1.165, 1.54) is 5.57 Å². The summed E-state index contributed by atoms with van der Waals surface area (Å²) in [6.45, 7) is 4.48. The van der Waals surface area contributed by atoms with Gasteiger partial charge >= 0.3 is 0 Å². The summed E-state index contributed by atoms with van der Waals surface area (Å²) < 4.78 is 5.67. The van der Waals surface area contributed by atoms with E-state index in [1.54, 1.807) is 6.08 Å². The lowest BCUT2D eigenvalue weighted by Gasteiger charge is -2.07. The topological polar surface area (TPSA) is 55.4 Å². The molecule has 0 saturated carbocycles. The Balaban J connectivity index is 2.20. The third-order valence-electron chi connectivity index (χ3n) is 2.58. The molecule has 4 nitrogen and oxygen atoms in total. The van der Waals surface area contributed by atoms with Gasteiger partial charge in [-0.1, -0.05) is 23.8 Å². The van der Waals surface area contributed by atoms with Crippen molar-refractivity contribution in [2.75, 3.05) is 6.61 Å². The third kappa shape index (κ3) is 3.74. The van der Waals surface area contributed by atoms with Crippen molar-refractivity contribution in [1.82, 2.24) is 5.32 Å². The number of benzene rings is 1. The summed E-state index contributed by atoms with van der Waals surface area (Å²) in [6, 6.07) is 7.42. The van der Waals surface area contributed by atoms with Gasteiger partial charge in [0, 0.05) is 5.56 Å². The van der Waals surface area contributed by atoms with Gasteiger partial charge < -0.3 is 4.74 Å². The van der Waals surface area contributed by atoms with Crippen LogP contribution >= 0.6 is 11.8 Å². The minimum Gasteiger partial charge on any atom is -0.489 e. The molecule has 2 amide bonds. The number of carbonyl (C=O) groups is 2. The maximum absolute atomic E-state index is 11.5. The molecule has 0 aliphatic carbocycles. The number of hydrogen-bond acceptors (Lipinski definition) is 4. The van der Waals surface area contributed by atoms with Crippen LogP contribution in [0.2, 0.25) is 0 Å².